The van der Waals surface area contributed by atoms with E-state index in [0.717, 1.165) is 19.3 Å². The molecule has 1 aliphatic carbocycles. The molecule has 0 aromatic heterocycles. The van der Waals surface area contributed by atoms with Crippen LogP contribution in [0.1, 0.15) is 31.2 Å². The molecule has 0 aliphatic heterocycles. The van der Waals surface area contributed by atoms with E-state index in [9.17, 15) is 4.79 Å². The first kappa shape index (κ1) is 11.5. The number of aliphatic carboxylic acids is 1. The minimum absolute atomic E-state index is 0.0806. The first-order valence-corrected chi connectivity index (χ1v) is 6.75. The Morgan fingerprint density at radius 3 is 2.38 bits per heavy atom. The van der Waals surface area contributed by atoms with Crippen LogP contribution in [0.25, 0.3) is 0 Å². The van der Waals surface area contributed by atoms with Crippen LogP contribution in [-0.4, -0.2) is 17.3 Å². The van der Waals surface area contributed by atoms with E-state index in [4.69, 9.17) is 5.11 Å². The van der Waals surface area contributed by atoms with Crippen molar-refractivity contribution >= 4 is 17.7 Å². The standard InChI is InChI=1S/C13H16O2S/c1-16-11-5-3-10(4-6-11)13(7-2-8-13)9-12(14)15/h3-6H,2,7-9H2,1H3,(H,14,15). The molecule has 2 nitrogen and oxygen atoms in total. The summed E-state index contributed by atoms with van der Waals surface area (Å²) in [6.45, 7) is 0. The van der Waals surface area contributed by atoms with Crippen LogP contribution in [-0.2, 0) is 10.2 Å². The zero-order valence-corrected chi connectivity index (χ0v) is 10.2. The third kappa shape index (κ3) is 2.09. The highest BCUT2D eigenvalue weighted by molar-refractivity contribution is 7.98. The average molecular weight is 236 g/mol. The van der Waals surface area contributed by atoms with Gasteiger partial charge in [-0.25, -0.2) is 0 Å². The van der Waals surface area contributed by atoms with E-state index in [0.29, 0.717) is 0 Å². The Balaban J connectivity index is 2.22. The molecule has 0 heterocycles. The quantitative estimate of drug-likeness (QED) is 0.815. The number of hydrogen-bond donors (Lipinski definition) is 1. The van der Waals surface area contributed by atoms with Gasteiger partial charge in [-0.05, 0) is 36.8 Å². The van der Waals surface area contributed by atoms with Gasteiger partial charge < -0.3 is 5.11 Å². The molecule has 0 saturated heterocycles. The molecular weight excluding hydrogens is 220 g/mol. The summed E-state index contributed by atoms with van der Waals surface area (Å²) in [6.07, 6.45) is 5.49. The fraction of sp³-hybridized carbons (Fsp3) is 0.462. The van der Waals surface area contributed by atoms with Crippen molar-refractivity contribution in [3.8, 4) is 0 Å². The molecule has 0 atom stereocenters. The van der Waals surface area contributed by atoms with E-state index >= 15 is 0 Å². The lowest BCUT2D eigenvalue weighted by atomic mass is 9.62. The fourth-order valence-corrected chi connectivity index (χ4v) is 2.81. The molecule has 86 valence electrons. The maximum absolute atomic E-state index is 10.9. The fourth-order valence-electron chi connectivity index (χ4n) is 2.41. The summed E-state index contributed by atoms with van der Waals surface area (Å²) in [6, 6.07) is 8.35. The summed E-state index contributed by atoms with van der Waals surface area (Å²) in [5.41, 5.74) is 1.11. The van der Waals surface area contributed by atoms with E-state index in [1.807, 2.05) is 6.26 Å². The number of thioether (sulfide) groups is 1. The van der Waals surface area contributed by atoms with Gasteiger partial charge in [0.05, 0.1) is 6.42 Å². The molecule has 1 aliphatic rings. The van der Waals surface area contributed by atoms with Crippen molar-refractivity contribution < 1.29 is 9.90 Å². The van der Waals surface area contributed by atoms with Crippen LogP contribution in [0.5, 0.6) is 0 Å². The molecule has 0 amide bonds. The minimum atomic E-state index is -0.686. The van der Waals surface area contributed by atoms with Crippen LogP contribution in [0.3, 0.4) is 0 Å². The molecule has 0 radical (unpaired) electrons. The van der Waals surface area contributed by atoms with E-state index < -0.39 is 5.97 Å². The Labute approximate surface area is 100 Å². The second-order valence-electron chi connectivity index (χ2n) is 4.43. The Kier molecular flexibility index (Phi) is 3.24. The zero-order valence-electron chi connectivity index (χ0n) is 9.40. The second-order valence-corrected chi connectivity index (χ2v) is 5.31. The van der Waals surface area contributed by atoms with Gasteiger partial charge in [-0.15, -0.1) is 11.8 Å². The molecule has 1 N–H and O–H groups in total. The van der Waals surface area contributed by atoms with Crippen LogP contribution in [0, 0.1) is 0 Å². The highest BCUT2D eigenvalue weighted by Gasteiger charge is 2.40. The van der Waals surface area contributed by atoms with Crippen molar-refractivity contribution in [3.63, 3.8) is 0 Å². The number of carbonyl (C=O) groups is 1. The summed E-state index contributed by atoms with van der Waals surface area (Å²) >= 11 is 1.71. The monoisotopic (exact) mass is 236 g/mol. The molecule has 2 rings (SSSR count). The molecule has 0 spiro atoms. The smallest absolute Gasteiger partial charge is 0.304 e. The van der Waals surface area contributed by atoms with Gasteiger partial charge in [0, 0.05) is 10.3 Å². The van der Waals surface area contributed by atoms with Crippen molar-refractivity contribution in [3.05, 3.63) is 29.8 Å². The Morgan fingerprint density at radius 1 is 1.38 bits per heavy atom. The highest BCUT2D eigenvalue weighted by atomic mass is 32.2. The lowest BCUT2D eigenvalue weighted by Gasteiger charge is -2.41. The van der Waals surface area contributed by atoms with Crippen LogP contribution < -0.4 is 0 Å². The largest absolute Gasteiger partial charge is 0.481 e. The van der Waals surface area contributed by atoms with Gasteiger partial charge in [0.1, 0.15) is 0 Å². The van der Waals surface area contributed by atoms with E-state index in [1.165, 1.54) is 10.5 Å². The van der Waals surface area contributed by atoms with Gasteiger partial charge in [-0.3, -0.25) is 4.79 Å². The lowest BCUT2D eigenvalue weighted by Crippen LogP contribution is -2.36. The number of carboxylic acids is 1. The lowest BCUT2D eigenvalue weighted by molar-refractivity contribution is -0.139. The van der Waals surface area contributed by atoms with Gasteiger partial charge in [0.2, 0.25) is 0 Å². The van der Waals surface area contributed by atoms with Crippen LogP contribution >= 0.6 is 11.8 Å². The van der Waals surface area contributed by atoms with Crippen molar-refractivity contribution in [2.45, 2.75) is 36.0 Å². The number of benzene rings is 1. The van der Waals surface area contributed by atoms with Gasteiger partial charge in [0.15, 0.2) is 0 Å². The number of rotatable bonds is 4. The molecular formula is C13H16O2S. The van der Waals surface area contributed by atoms with Crippen LogP contribution in [0.15, 0.2) is 29.2 Å². The van der Waals surface area contributed by atoms with E-state index in [-0.39, 0.29) is 11.8 Å². The number of hydrogen-bond acceptors (Lipinski definition) is 2. The van der Waals surface area contributed by atoms with Crippen molar-refractivity contribution in [1.29, 1.82) is 0 Å². The van der Waals surface area contributed by atoms with Crippen molar-refractivity contribution in [2.75, 3.05) is 6.26 Å². The number of carboxylic acid groups (broad SMARTS) is 1. The topological polar surface area (TPSA) is 37.3 Å². The van der Waals surface area contributed by atoms with Crippen molar-refractivity contribution in [2.24, 2.45) is 0 Å². The maximum Gasteiger partial charge on any atom is 0.304 e. The first-order valence-electron chi connectivity index (χ1n) is 5.53. The van der Waals surface area contributed by atoms with E-state index in [1.54, 1.807) is 11.8 Å². The molecule has 1 aromatic carbocycles. The van der Waals surface area contributed by atoms with Gasteiger partial charge >= 0.3 is 5.97 Å². The molecule has 0 unspecified atom stereocenters. The third-order valence-electron chi connectivity index (χ3n) is 3.50. The first-order chi connectivity index (χ1) is 7.66. The molecule has 16 heavy (non-hydrogen) atoms. The highest BCUT2D eigenvalue weighted by Crippen LogP contribution is 2.46. The minimum Gasteiger partial charge on any atom is -0.481 e. The molecule has 0 bridgehead atoms. The maximum atomic E-state index is 10.9. The zero-order chi connectivity index (χ0) is 11.6. The normalized spacial score (nSPS) is 17.8. The third-order valence-corrected chi connectivity index (χ3v) is 4.25. The SMILES string of the molecule is CSc1ccc(C2(CC(=O)O)CCC2)cc1. The Morgan fingerprint density at radius 2 is 2.00 bits per heavy atom. The van der Waals surface area contributed by atoms with Crippen molar-refractivity contribution in [1.82, 2.24) is 0 Å². The predicted octanol–water partition coefficient (Wildman–Crippen LogP) is 3.30. The van der Waals surface area contributed by atoms with Gasteiger partial charge in [-0.1, -0.05) is 18.6 Å². The Bertz CT molecular complexity index is 379. The molecule has 3 heteroatoms. The molecule has 1 fully saturated rings. The summed E-state index contributed by atoms with van der Waals surface area (Å²) < 4.78 is 0. The molecule has 1 saturated carbocycles. The average Bonchev–Trinajstić information content (AvgIpc) is 2.23. The van der Waals surface area contributed by atoms with Crippen LogP contribution in [0.4, 0.5) is 0 Å². The summed E-state index contributed by atoms with van der Waals surface area (Å²) in [5.74, 6) is -0.686. The van der Waals surface area contributed by atoms with Crippen LogP contribution in [0.2, 0.25) is 0 Å². The van der Waals surface area contributed by atoms with Gasteiger partial charge in [-0.2, -0.15) is 0 Å². The van der Waals surface area contributed by atoms with Gasteiger partial charge in [0.25, 0.3) is 0 Å². The molecule has 1 aromatic rings. The summed E-state index contributed by atoms with van der Waals surface area (Å²) in [4.78, 5) is 12.1. The second kappa shape index (κ2) is 4.50. The predicted molar refractivity (Wildman–Crippen MR) is 66.0 cm³/mol. The summed E-state index contributed by atoms with van der Waals surface area (Å²) in [7, 11) is 0. The summed E-state index contributed by atoms with van der Waals surface area (Å²) in [5, 5.41) is 8.97. The van der Waals surface area contributed by atoms with E-state index in [2.05, 4.69) is 24.3 Å². The Hall–Kier alpha value is -0.960.